The fraction of sp³-hybridized carbons (Fsp3) is 0.0714. The van der Waals surface area contributed by atoms with Crippen molar-refractivity contribution in [1.82, 2.24) is 4.98 Å². The van der Waals surface area contributed by atoms with Gasteiger partial charge in [-0.2, -0.15) is 0 Å². The van der Waals surface area contributed by atoms with Crippen molar-refractivity contribution in [2.75, 3.05) is 5.73 Å². The standard InChI is InChI=1S/C14H10Cl2N2S/c1-7-3-2-4-12-13(7)18-14(19-12)8-5-11(17)10(16)6-9(8)15/h2-6H,17H2,1H3. The zero-order valence-corrected chi connectivity index (χ0v) is 12.4. The van der Waals surface area contributed by atoms with Crippen molar-refractivity contribution in [2.24, 2.45) is 0 Å². The average molecular weight is 309 g/mol. The SMILES string of the molecule is Cc1cccc2sc(-c3cc(N)c(Cl)cc3Cl)nc12. The zero-order valence-electron chi connectivity index (χ0n) is 10.1. The molecule has 96 valence electrons. The van der Waals surface area contributed by atoms with Gasteiger partial charge in [0.25, 0.3) is 0 Å². The Labute approximate surface area is 124 Å². The highest BCUT2D eigenvalue weighted by molar-refractivity contribution is 7.21. The van der Waals surface area contributed by atoms with Gasteiger partial charge in [0.2, 0.25) is 0 Å². The number of benzene rings is 2. The first-order chi connectivity index (χ1) is 9.06. The third-order valence-corrected chi connectivity index (χ3v) is 4.63. The number of hydrogen-bond acceptors (Lipinski definition) is 3. The van der Waals surface area contributed by atoms with Crippen LogP contribution in [-0.4, -0.2) is 4.98 Å². The van der Waals surface area contributed by atoms with E-state index in [1.807, 2.05) is 19.1 Å². The number of halogens is 2. The van der Waals surface area contributed by atoms with Gasteiger partial charge < -0.3 is 5.73 Å². The molecule has 19 heavy (non-hydrogen) atoms. The maximum atomic E-state index is 6.23. The summed E-state index contributed by atoms with van der Waals surface area (Å²) in [6.45, 7) is 2.05. The first kappa shape index (κ1) is 12.7. The molecule has 0 saturated heterocycles. The summed E-state index contributed by atoms with van der Waals surface area (Å²) in [6.07, 6.45) is 0. The highest BCUT2D eigenvalue weighted by Gasteiger charge is 2.13. The monoisotopic (exact) mass is 308 g/mol. The number of nitrogen functional groups attached to an aromatic ring is 1. The van der Waals surface area contributed by atoms with Gasteiger partial charge in [-0.3, -0.25) is 0 Å². The molecule has 2 aromatic carbocycles. The molecule has 0 aliphatic heterocycles. The topological polar surface area (TPSA) is 38.9 Å². The molecule has 0 aliphatic carbocycles. The van der Waals surface area contributed by atoms with Gasteiger partial charge in [0.05, 0.1) is 25.9 Å². The van der Waals surface area contributed by atoms with Crippen LogP contribution in [0.15, 0.2) is 30.3 Å². The Balaban J connectivity index is 2.25. The number of aryl methyl sites for hydroxylation is 1. The summed E-state index contributed by atoms with van der Waals surface area (Å²) < 4.78 is 1.14. The molecule has 3 rings (SSSR count). The Bertz CT molecular complexity index is 780. The lowest BCUT2D eigenvalue weighted by molar-refractivity contribution is 1.42. The molecule has 2 nitrogen and oxygen atoms in total. The van der Waals surface area contributed by atoms with Gasteiger partial charge >= 0.3 is 0 Å². The summed E-state index contributed by atoms with van der Waals surface area (Å²) in [5, 5.41) is 1.89. The van der Waals surface area contributed by atoms with Crippen LogP contribution in [0.4, 0.5) is 5.69 Å². The fourth-order valence-corrected chi connectivity index (χ4v) is 3.53. The number of nitrogens with two attached hydrogens (primary N) is 1. The molecule has 0 aliphatic rings. The first-order valence-electron chi connectivity index (χ1n) is 5.67. The second-order valence-electron chi connectivity index (χ2n) is 4.29. The smallest absolute Gasteiger partial charge is 0.126 e. The van der Waals surface area contributed by atoms with Gasteiger partial charge in [-0.15, -0.1) is 11.3 Å². The number of anilines is 1. The van der Waals surface area contributed by atoms with E-state index >= 15 is 0 Å². The molecule has 0 saturated carbocycles. The highest BCUT2D eigenvalue weighted by atomic mass is 35.5. The fourth-order valence-electron chi connectivity index (χ4n) is 1.93. The molecule has 0 amide bonds. The molecule has 0 radical (unpaired) electrons. The maximum Gasteiger partial charge on any atom is 0.126 e. The third-order valence-electron chi connectivity index (χ3n) is 2.94. The van der Waals surface area contributed by atoms with Crippen molar-refractivity contribution in [1.29, 1.82) is 0 Å². The van der Waals surface area contributed by atoms with Crippen LogP contribution in [0.3, 0.4) is 0 Å². The van der Waals surface area contributed by atoms with Crippen molar-refractivity contribution < 1.29 is 0 Å². The molecule has 1 aromatic heterocycles. The van der Waals surface area contributed by atoms with Crippen LogP contribution in [0.25, 0.3) is 20.8 Å². The minimum atomic E-state index is 0.464. The summed E-state index contributed by atoms with van der Waals surface area (Å²) in [5.41, 5.74) is 9.33. The van der Waals surface area contributed by atoms with Crippen molar-refractivity contribution in [2.45, 2.75) is 6.92 Å². The van der Waals surface area contributed by atoms with E-state index in [2.05, 4.69) is 11.1 Å². The zero-order chi connectivity index (χ0) is 13.6. The summed E-state index contributed by atoms with van der Waals surface area (Å²) in [5.74, 6) is 0. The third kappa shape index (κ3) is 2.18. The molecule has 2 N–H and O–H groups in total. The van der Waals surface area contributed by atoms with Gasteiger partial charge in [-0.1, -0.05) is 35.3 Å². The highest BCUT2D eigenvalue weighted by Crippen LogP contribution is 2.38. The van der Waals surface area contributed by atoms with Crippen molar-refractivity contribution in [3.63, 3.8) is 0 Å². The van der Waals surface area contributed by atoms with Gasteiger partial charge in [0, 0.05) is 5.56 Å². The van der Waals surface area contributed by atoms with Gasteiger partial charge in [0.15, 0.2) is 0 Å². The van der Waals surface area contributed by atoms with Crippen LogP contribution in [-0.2, 0) is 0 Å². The number of nitrogens with zero attached hydrogens (tertiary/aromatic N) is 1. The molecule has 0 unspecified atom stereocenters. The van der Waals surface area contributed by atoms with Crippen LogP contribution in [0.5, 0.6) is 0 Å². The predicted molar refractivity (Wildman–Crippen MR) is 84.2 cm³/mol. The Morgan fingerprint density at radius 1 is 1.16 bits per heavy atom. The van der Waals surface area contributed by atoms with Crippen LogP contribution in [0.2, 0.25) is 10.0 Å². The van der Waals surface area contributed by atoms with E-state index < -0.39 is 0 Å². The number of fused-ring (bicyclic) bond motifs is 1. The number of aromatic nitrogens is 1. The van der Waals surface area contributed by atoms with Crippen LogP contribution >= 0.6 is 34.5 Å². The number of thiazole rings is 1. The number of hydrogen-bond donors (Lipinski definition) is 1. The van der Waals surface area contributed by atoms with E-state index in [1.54, 1.807) is 23.5 Å². The summed E-state index contributed by atoms with van der Waals surface area (Å²) in [6, 6.07) is 9.56. The summed E-state index contributed by atoms with van der Waals surface area (Å²) in [4.78, 5) is 4.65. The lowest BCUT2D eigenvalue weighted by Crippen LogP contribution is -1.88. The lowest BCUT2D eigenvalue weighted by atomic mass is 10.2. The molecule has 1 heterocycles. The van der Waals surface area contributed by atoms with Gasteiger partial charge in [-0.25, -0.2) is 4.98 Å². The van der Waals surface area contributed by atoms with Crippen LogP contribution in [0, 0.1) is 6.92 Å². The van der Waals surface area contributed by atoms with E-state index in [9.17, 15) is 0 Å². The molecule has 0 bridgehead atoms. The normalized spacial score (nSPS) is 11.1. The minimum absolute atomic E-state index is 0.464. The summed E-state index contributed by atoms with van der Waals surface area (Å²) in [7, 11) is 0. The van der Waals surface area contributed by atoms with Crippen molar-refractivity contribution in [3.05, 3.63) is 45.9 Å². The molecule has 0 spiro atoms. The Hall–Kier alpha value is -1.29. The summed E-state index contributed by atoms with van der Waals surface area (Å²) >= 11 is 13.8. The van der Waals surface area contributed by atoms with E-state index in [0.717, 1.165) is 26.4 Å². The Kier molecular flexibility index (Phi) is 3.13. The average Bonchev–Trinajstić information content (AvgIpc) is 2.79. The van der Waals surface area contributed by atoms with Crippen LogP contribution < -0.4 is 5.73 Å². The largest absolute Gasteiger partial charge is 0.398 e. The van der Waals surface area contributed by atoms with Crippen molar-refractivity contribution in [3.8, 4) is 10.6 Å². The predicted octanol–water partition coefficient (Wildman–Crippen LogP) is 5.16. The van der Waals surface area contributed by atoms with E-state index in [-0.39, 0.29) is 0 Å². The Morgan fingerprint density at radius 2 is 1.95 bits per heavy atom. The van der Waals surface area contributed by atoms with Gasteiger partial charge in [0.1, 0.15) is 5.01 Å². The second kappa shape index (κ2) is 4.67. The number of para-hydroxylation sites is 1. The molecular formula is C14H10Cl2N2S. The molecule has 0 fully saturated rings. The van der Waals surface area contributed by atoms with E-state index in [4.69, 9.17) is 28.9 Å². The van der Waals surface area contributed by atoms with Crippen LogP contribution in [0.1, 0.15) is 5.56 Å². The molecular weight excluding hydrogens is 299 g/mol. The Morgan fingerprint density at radius 3 is 2.68 bits per heavy atom. The minimum Gasteiger partial charge on any atom is -0.398 e. The maximum absolute atomic E-state index is 6.23. The van der Waals surface area contributed by atoms with E-state index in [0.29, 0.717) is 15.7 Å². The van der Waals surface area contributed by atoms with E-state index in [1.165, 1.54) is 0 Å². The number of rotatable bonds is 1. The quantitative estimate of drug-likeness (QED) is 0.630. The molecule has 3 aromatic rings. The lowest BCUT2D eigenvalue weighted by Gasteiger charge is -2.04. The molecule has 5 heteroatoms. The van der Waals surface area contributed by atoms with Gasteiger partial charge in [-0.05, 0) is 30.7 Å². The first-order valence-corrected chi connectivity index (χ1v) is 7.24. The second-order valence-corrected chi connectivity index (χ2v) is 6.14. The molecule has 0 atom stereocenters. The van der Waals surface area contributed by atoms with Crippen molar-refractivity contribution >= 4 is 50.4 Å².